The lowest BCUT2D eigenvalue weighted by molar-refractivity contribution is 0.0350. The largest absolute Gasteiger partial charge is 0.390 e. The minimum Gasteiger partial charge on any atom is -0.390 e. The SMILES string of the molecule is CC1(O)CCN(c2cnc(CN)cn2)CC1. The summed E-state index contributed by atoms with van der Waals surface area (Å²) in [4.78, 5) is 10.7. The highest BCUT2D eigenvalue weighted by Gasteiger charge is 2.27. The Kier molecular flexibility index (Phi) is 3.07. The standard InChI is InChI=1S/C11H18N4O/c1-11(16)2-4-15(5-3-11)10-8-13-9(6-12)7-14-10/h7-8,16H,2-6,12H2,1H3. The molecule has 0 radical (unpaired) electrons. The normalized spacial score (nSPS) is 19.8. The van der Waals surface area contributed by atoms with E-state index < -0.39 is 5.60 Å². The van der Waals surface area contributed by atoms with Gasteiger partial charge in [0.2, 0.25) is 0 Å². The predicted octanol–water partition coefficient (Wildman–Crippen LogP) is 0.287. The van der Waals surface area contributed by atoms with Crippen molar-refractivity contribution in [2.75, 3.05) is 18.0 Å². The molecule has 0 bridgehead atoms. The summed E-state index contributed by atoms with van der Waals surface area (Å²) in [6.07, 6.45) is 5.00. The van der Waals surface area contributed by atoms with Crippen molar-refractivity contribution in [2.24, 2.45) is 5.73 Å². The second-order valence-electron chi connectivity index (χ2n) is 4.55. The smallest absolute Gasteiger partial charge is 0.147 e. The van der Waals surface area contributed by atoms with Gasteiger partial charge < -0.3 is 15.7 Å². The van der Waals surface area contributed by atoms with Gasteiger partial charge in [-0.15, -0.1) is 0 Å². The van der Waals surface area contributed by atoms with Crippen molar-refractivity contribution in [1.29, 1.82) is 0 Å². The minimum atomic E-state index is -0.527. The first-order valence-corrected chi connectivity index (χ1v) is 5.59. The Morgan fingerprint density at radius 2 is 2.06 bits per heavy atom. The van der Waals surface area contributed by atoms with Gasteiger partial charge >= 0.3 is 0 Å². The molecule has 1 aliphatic rings. The van der Waals surface area contributed by atoms with Gasteiger partial charge in [0.25, 0.3) is 0 Å². The zero-order chi connectivity index (χ0) is 11.6. The fourth-order valence-corrected chi connectivity index (χ4v) is 1.83. The molecule has 1 fully saturated rings. The average molecular weight is 222 g/mol. The van der Waals surface area contributed by atoms with Crippen molar-refractivity contribution >= 4 is 5.82 Å². The molecule has 5 heteroatoms. The van der Waals surface area contributed by atoms with E-state index >= 15 is 0 Å². The van der Waals surface area contributed by atoms with E-state index in [0.717, 1.165) is 37.4 Å². The fourth-order valence-electron chi connectivity index (χ4n) is 1.83. The van der Waals surface area contributed by atoms with Crippen LogP contribution in [-0.2, 0) is 6.54 Å². The fraction of sp³-hybridized carbons (Fsp3) is 0.636. The van der Waals surface area contributed by atoms with Crippen molar-refractivity contribution < 1.29 is 5.11 Å². The van der Waals surface area contributed by atoms with E-state index in [9.17, 15) is 5.11 Å². The molecular formula is C11H18N4O. The molecule has 88 valence electrons. The quantitative estimate of drug-likeness (QED) is 0.752. The highest BCUT2D eigenvalue weighted by molar-refractivity contribution is 5.36. The third kappa shape index (κ3) is 2.48. The summed E-state index contributed by atoms with van der Waals surface area (Å²) in [5, 5.41) is 9.84. The van der Waals surface area contributed by atoms with Crippen molar-refractivity contribution in [3.8, 4) is 0 Å². The van der Waals surface area contributed by atoms with Gasteiger partial charge in [0.05, 0.1) is 23.7 Å². The number of piperidine rings is 1. The third-order valence-electron chi connectivity index (χ3n) is 3.07. The highest BCUT2D eigenvalue weighted by atomic mass is 16.3. The molecule has 0 saturated carbocycles. The van der Waals surface area contributed by atoms with Gasteiger partial charge in [-0.1, -0.05) is 0 Å². The van der Waals surface area contributed by atoms with Crippen molar-refractivity contribution in [2.45, 2.75) is 31.9 Å². The molecule has 1 aliphatic heterocycles. The van der Waals surface area contributed by atoms with Crippen LogP contribution in [0.2, 0.25) is 0 Å². The zero-order valence-corrected chi connectivity index (χ0v) is 9.56. The molecule has 1 aromatic heterocycles. The number of anilines is 1. The number of nitrogens with zero attached hydrogens (tertiary/aromatic N) is 3. The predicted molar refractivity (Wildman–Crippen MR) is 62.0 cm³/mol. The number of aromatic nitrogens is 2. The molecule has 5 nitrogen and oxygen atoms in total. The van der Waals surface area contributed by atoms with Crippen LogP contribution in [0.5, 0.6) is 0 Å². The Bertz CT molecular complexity index is 340. The van der Waals surface area contributed by atoms with Crippen molar-refractivity contribution in [1.82, 2.24) is 9.97 Å². The highest BCUT2D eigenvalue weighted by Crippen LogP contribution is 2.23. The Morgan fingerprint density at radius 3 is 2.56 bits per heavy atom. The second-order valence-corrected chi connectivity index (χ2v) is 4.55. The monoisotopic (exact) mass is 222 g/mol. The van der Waals surface area contributed by atoms with Crippen LogP contribution in [0.3, 0.4) is 0 Å². The lowest BCUT2D eigenvalue weighted by atomic mass is 9.94. The first kappa shape index (κ1) is 11.3. The number of nitrogens with two attached hydrogens (primary N) is 1. The number of hydrogen-bond donors (Lipinski definition) is 2. The lowest BCUT2D eigenvalue weighted by Crippen LogP contribution is -2.42. The molecule has 1 saturated heterocycles. The lowest BCUT2D eigenvalue weighted by Gasteiger charge is -2.36. The molecule has 0 unspecified atom stereocenters. The summed E-state index contributed by atoms with van der Waals surface area (Å²) in [6, 6.07) is 0. The minimum absolute atomic E-state index is 0.419. The molecule has 3 N–H and O–H groups in total. The average Bonchev–Trinajstić information content (AvgIpc) is 2.29. The van der Waals surface area contributed by atoms with E-state index in [-0.39, 0.29) is 0 Å². The molecule has 2 rings (SSSR count). The summed E-state index contributed by atoms with van der Waals surface area (Å²) in [7, 11) is 0. The van der Waals surface area contributed by atoms with Crippen LogP contribution < -0.4 is 10.6 Å². The summed E-state index contributed by atoms with van der Waals surface area (Å²) in [6.45, 7) is 3.95. The molecule has 0 spiro atoms. The third-order valence-corrected chi connectivity index (χ3v) is 3.07. The molecule has 2 heterocycles. The van der Waals surface area contributed by atoms with Crippen molar-refractivity contribution in [3.05, 3.63) is 18.1 Å². The maximum Gasteiger partial charge on any atom is 0.147 e. The Hall–Kier alpha value is -1.20. The summed E-state index contributed by atoms with van der Waals surface area (Å²) < 4.78 is 0. The topological polar surface area (TPSA) is 75.3 Å². The Labute approximate surface area is 95.3 Å². The molecule has 1 aromatic rings. The van der Waals surface area contributed by atoms with Crippen LogP contribution in [0.4, 0.5) is 5.82 Å². The molecule has 0 aromatic carbocycles. The van der Waals surface area contributed by atoms with Crippen LogP contribution in [0.25, 0.3) is 0 Å². The molecular weight excluding hydrogens is 204 g/mol. The van der Waals surface area contributed by atoms with Gasteiger partial charge in [0.15, 0.2) is 0 Å². The zero-order valence-electron chi connectivity index (χ0n) is 9.56. The summed E-state index contributed by atoms with van der Waals surface area (Å²) in [5.41, 5.74) is 5.74. The van der Waals surface area contributed by atoms with E-state index in [1.54, 1.807) is 12.4 Å². The molecule has 0 amide bonds. The van der Waals surface area contributed by atoms with Crippen LogP contribution in [-0.4, -0.2) is 33.8 Å². The summed E-state index contributed by atoms with van der Waals surface area (Å²) in [5.74, 6) is 0.868. The maximum atomic E-state index is 9.84. The van der Waals surface area contributed by atoms with Gasteiger partial charge in [0.1, 0.15) is 5.82 Å². The van der Waals surface area contributed by atoms with Crippen LogP contribution in [0.1, 0.15) is 25.5 Å². The van der Waals surface area contributed by atoms with Gasteiger partial charge in [-0.2, -0.15) is 0 Å². The van der Waals surface area contributed by atoms with Gasteiger partial charge in [-0.05, 0) is 19.8 Å². The van der Waals surface area contributed by atoms with Crippen LogP contribution in [0.15, 0.2) is 12.4 Å². The number of aliphatic hydroxyl groups is 1. The Morgan fingerprint density at radius 1 is 1.38 bits per heavy atom. The van der Waals surface area contributed by atoms with Crippen molar-refractivity contribution in [3.63, 3.8) is 0 Å². The first-order valence-electron chi connectivity index (χ1n) is 5.59. The van der Waals surface area contributed by atoms with E-state index in [1.807, 2.05) is 6.92 Å². The second kappa shape index (κ2) is 4.35. The van der Waals surface area contributed by atoms with E-state index in [0.29, 0.717) is 6.54 Å². The Balaban J connectivity index is 2.03. The number of hydrogen-bond acceptors (Lipinski definition) is 5. The molecule has 0 atom stereocenters. The van der Waals surface area contributed by atoms with Crippen LogP contribution in [0, 0.1) is 0 Å². The van der Waals surface area contributed by atoms with E-state index in [1.165, 1.54) is 0 Å². The molecule has 16 heavy (non-hydrogen) atoms. The maximum absolute atomic E-state index is 9.84. The van der Waals surface area contributed by atoms with Gasteiger partial charge in [-0.25, -0.2) is 4.98 Å². The summed E-state index contributed by atoms with van der Waals surface area (Å²) >= 11 is 0. The van der Waals surface area contributed by atoms with Gasteiger partial charge in [-0.3, -0.25) is 4.98 Å². The van der Waals surface area contributed by atoms with Crippen LogP contribution >= 0.6 is 0 Å². The van der Waals surface area contributed by atoms with E-state index in [4.69, 9.17) is 5.73 Å². The first-order chi connectivity index (χ1) is 7.61. The van der Waals surface area contributed by atoms with E-state index in [2.05, 4.69) is 14.9 Å². The van der Waals surface area contributed by atoms with Gasteiger partial charge in [0, 0.05) is 19.6 Å². The number of rotatable bonds is 2. The molecule has 0 aliphatic carbocycles.